The molecule has 1 aliphatic rings. The van der Waals surface area contributed by atoms with E-state index in [2.05, 4.69) is 10.6 Å². The van der Waals surface area contributed by atoms with Gasteiger partial charge in [0.05, 0.1) is 5.92 Å². The summed E-state index contributed by atoms with van der Waals surface area (Å²) in [5.74, 6) is -0.620. The van der Waals surface area contributed by atoms with Crippen LogP contribution in [0.4, 0.5) is 10.5 Å². The molecule has 1 aliphatic heterocycles. The molecule has 1 fully saturated rings. The summed E-state index contributed by atoms with van der Waals surface area (Å²) in [5.41, 5.74) is 0.243. The fourth-order valence-electron chi connectivity index (χ4n) is 2.55. The van der Waals surface area contributed by atoms with Gasteiger partial charge in [-0.25, -0.2) is 4.79 Å². The highest BCUT2D eigenvalue weighted by atomic mass is 16.6. The molecule has 1 aromatic carbocycles. The Balaban J connectivity index is 1.73. The fourth-order valence-corrected chi connectivity index (χ4v) is 2.55. The maximum absolute atomic E-state index is 12.2. The molecule has 0 spiro atoms. The molecule has 0 bridgehead atoms. The molecule has 2 rings (SSSR count). The monoisotopic (exact) mass is 347 g/mol. The first-order valence-electron chi connectivity index (χ1n) is 8.36. The van der Waals surface area contributed by atoms with Crippen LogP contribution in [0.15, 0.2) is 30.3 Å². The van der Waals surface area contributed by atoms with Crippen molar-refractivity contribution in [2.24, 2.45) is 5.92 Å². The summed E-state index contributed by atoms with van der Waals surface area (Å²) >= 11 is 0. The summed E-state index contributed by atoms with van der Waals surface area (Å²) in [6.07, 6.45) is -0.326. The van der Waals surface area contributed by atoms with Crippen molar-refractivity contribution < 1.29 is 19.1 Å². The van der Waals surface area contributed by atoms with E-state index in [0.717, 1.165) is 5.69 Å². The Hall–Kier alpha value is -2.57. The van der Waals surface area contributed by atoms with Crippen LogP contribution in [0.1, 0.15) is 27.2 Å². The number of benzene rings is 1. The van der Waals surface area contributed by atoms with E-state index in [1.807, 2.05) is 30.3 Å². The minimum absolute atomic E-state index is 0.0572. The van der Waals surface area contributed by atoms with Crippen LogP contribution < -0.4 is 15.5 Å². The zero-order valence-electron chi connectivity index (χ0n) is 14.9. The van der Waals surface area contributed by atoms with E-state index in [1.165, 1.54) is 0 Å². The molecular formula is C18H25N3O4. The van der Waals surface area contributed by atoms with Gasteiger partial charge >= 0.3 is 6.09 Å². The second-order valence-corrected chi connectivity index (χ2v) is 6.96. The lowest BCUT2D eigenvalue weighted by molar-refractivity contribution is -0.126. The van der Waals surface area contributed by atoms with Gasteiger partial charge < -0.3 is 20.3 Å². The molecule has 1 saturated heterocycles. The number of amides is 3. The van der Waals surface area contributed by atoms with E-state index in [4.69, 9.17) is 4.74 Å². The van der Waals surface area contributed by atoms with Gasteiger partial charge in [0.2, 0.25) is 11.8 Å². The molecule has 0 radical (unpaired) electrons. The SMILES string of the molecule is CC(C)(C)OC(=O)NCCNC(=O)C1CC(=O)N(c2ccccc2)C1. The standard InChI is InChI=1S/C18H25N3O4/c1-18(2,3)25-17(24)20-10-9-19-16(23)13-11-15(22)21(12-13)14-7-5-4-6-8-14/h4-8,13H,9-12H2,1-3H3,(H,19,23)(H,20,24). The molecule has 0 saturated carbocycles. The first-order valence-corrected chi connectivity index (χ1v) is 8.36. The lowest BCUT2D eigenvalue weighted by atomic mass is 10.1. The number of hydrogen-bond donors (Lipinski definition) is 2. The third-order valence-corrected chi connectivity index (χ3v) is 3.66. The topological polar surface area (TPSA) is 87.7 Å². The number of rotatable bonds is 5. The second-order valence-electron chi connectivity index (χ2n) is 6.96. The van der Waals surface area contributed by atoms with E-state index < -0.39 is 11.7 Å². The van der Waals surface area contributed by atoms with Gasteiger partial charge in [-0.15, -0.1) is 0 Å². The van der Waals surface area contributed by atoms with E-state index in [-0.39, 0.29) is 37.2 Å². The Morgan fingerprint density at radius 1 is 1.16 bits per heavy atom. The van der Waals surface area contributed by atoms with Crippen molar-refractivity contribution in [2.45, 2.75) is 32.8 Å². The first kappa shape index (κ1) is 18.8. The van der Waals surface area contributed by atoms with Crippen molar-refractivity contribution in [1.82, 2.24) is 10.6 Å². The molecule has 1 unspecified atom stereocenters. The summed E-state index contributed by atoms with van der Waals surface area (Å²) in [6.45, 7) is 6.27. The highest BCUT2D eigenvalue weighted by Gasteiger charge is 2.34. The Bertz CT molecular complexity index is 625. The van der Waals surface area contributed by atoms with Crippen molar-refractivity contribution in [3.05, 3.63) is 30.3 Å². The van der Waals surface area contributed by atoms with E-state index in [0.29, 0.717) is 6.54 Å². The van der Waals surface area contributed by atoms with Gasteiger partial charge in [-0.3, -0.25) is 9.59 Å². The molecule has 3 amide bonds. The normalized spacial score (nSPS) is 17.3. The number of ether oxygens (including phenoxy) is 1. The number of anilines is 1. The number of carbonyl (C=O) groups excluding carboxylic acids is 3. The van der Waals surface area contributed by atoms with Crippen molar-refractivity contribution in [1.29, 1.82) is 0 Å². The molecule has 0 aliphatic carbocycles. The lowest BCUT2D eigenvalue weighted by Crippen LogP contribution is -2.40. The summed E-state index contributed by atoms with van der Waals surface area (Å²) in [5, 5.41) is 5.32. The minimum Gasteiger partial charge on any atom is -0.444 e. The van der Waals surface area contributed by atoms with E-state index in [9.17, 15) is 14.4 Å². The van der Waals surface area contributed by atoms with Gasteiger partial charge in [0.25, 0.3) is 0 Å². The third-order valence-electron chi connectivity index (χ3n) is 3.66. The van der Waals surface area contributed by atoms with Crippen molar-refractivity contribution in [3.8, 4) is 0 Å². The average molecular weight is 347 g/mol. The minimum atomic E-state index is -0.557. The zero-order valence-corrected chi connectivity index (χ0v) is 14.9. The van der Waals surface area contributed by atoms with Crippen LogP contribution >= 0.6 is 0 Å². The van der Waals surface area contributed by atoms with Crippen LogP contribution in [-0.2, 0) is 14.3 Å². The Morgan fingerprint density at radius 2 is 1.80 bits per heavy atom. The number of nitrogens with one attached hydrogen (secondary N) is 2. The number of alkyl carbamates (subject to hydrolysis) is 1. The molecule has 1 atom stereocenters. The first-order chi connectivity index (χ1) is 11.8. The molecule has 2 N–H and O–H groups in total. The number of carbonyl (C=O) groups is 3. The molecular weight excluding hydrogens is 322 g/mol. The van der Waals surface area contributed by atoms with Gasteiger partial charge in [-0.1, -0.05) is 18.2 Å². The molecule has 7 heteroatoms. The number of para-hydroxylation sites is 1. The smallest absolute Gasteiger partial charge is 0.407 e. The van der Waals surface area contributed by atoms with Gasteiger partial charge in [-0.05, 0) is 32.9 Å². The van der Waals surface area contributed by atoms with Crippen LogP contribution in [0.25, 0.3) is 0 Å². The van der Waals surface area contributed by atoms with Crippen LogP contribution in [0.3, 0.4) is 0 Å². The molecule has 25 heavy (non-hydrogen) atoms. The Labute approximate surface area is 147 Å². The van der Waals surface area contributed by atoms with Crippen molar-refractivity contribution in [3.63, 3.8) is 0 Å². The largest absolute Gasteiger partial charge is 0.444 e. The molecule has 7 nitrogen and oxygen atoms in total. The van der Waals surface area contributed by atoms with Crippen molar-refractivity contribution in [2.75, 3.05) is 24.5 Å². The number of nitrogens with zero attached hydrogens (tertiary/aromatic N) is 1. The van der Waals surface area contributed by atoms with E-state index in [1.54, 1.807) is 25.7 Å². The van der Waals surface area contributed by atoms with Gasteiger partial charge in [-0.2, -0.15) is 0 Å². The van der Waals surface area contributed by atoms with Crippen LogP contribution in [0.2, 0.25) is 0 Å². The molecule has 136 valence electrons. The van der Waals surface area contributed by atoms with E-state index >= 15 is 0 Å². The predicted octanol–water partition coefficient (Wildman–Crippen LogP) is 1.68. The summed E-state index contributed by atoms with van der Waals surface area (Å²) < 4.78 is 5.11. The summed E-state index contributed by atoms with van der Waals surface area (Å²) in [4.78, 5) is 37.5. The van der Waals surface area contributed by atoms with Crippen molar-refractivity contribution >= 4 is 23.6 Å². The maximum Gasteiger partial charge on any atom is 0.407 e. The van der Waals surface area contributed by atoms with Crippen LogP contribution in [-0.4, -0.2) is 43.1 Å². The van der Waals surface area contributed by atoms with Crippen LogP contribution in [0.5, 0.6) is 0 Å². The third kappa shape index (κ3) is 5.77. The fraction of sp³-hybridized carbons (Fsp3) is 0.500. The summed E-state index contributed by atoms with van der Waals surface area (Å²) in [7, 11) is 0. The molecule has 0 aromatic heterocycles. The average Bonchev–Trinajstić information content (AvgIpc) is 2.92. The second kappa shape index (κ2) is 8.00. The lowest BCUT2D eigenvalue weighted by Gasteiger charge is -2.19. The summed E-state index contributed by atoms with van der Waals surface area (Å²) in [6, 6.07) is 9.30. The van der Waals surface area contributed by atoms with Crippen LogP contribution in [0, 0.1) is 5.92 Å². The van der Waals surface area contributed by atoms with Gasteiger partial charge in [0.15, 0.2) is 0 Å². The Kier molecular flexibility index (Phi) is 6.01. The molecule has 1 aromatic rings. The zero-order chi connectivity index (χ0) is 18.4. The highest BCUT2D eigenvalue weighted by molar-refractivity contribution is 6.00. The van der Waals surface area contributed by atoms with Gasteiger partial charge in [0, 0.05) is 31.7 Å². The molecule has 1 heterocycles. The Morgan fingerprint density at radius 3 is 2.44 bits per heavy atom. The number of hydrogen-bond acceptors (Lipinski definition) is 4. The maximum atomic E-state index is 12.2. The highest BCUT2D eigenvalue weighted by Crippen LogP contribution is 2.24. The predicted molar refractivity (Wildman–Crippen MR) is 94.1 cm³/mol. The quantitative estimate of drug-likeness (QED) is 0.793. The van der Waals surface area contributed by atoms with Gasteiger partial charge in [0.1, 0.15) is 5.60 Å².